The predicted molar refractivity (Wildman–Crippen MR) is 114 cm³/mol. The first-order valence-electron chi connectivity index (χ1n) is 9.26. The zero-order chi connectivity index (χ0) is 19.1. The van der Waals surface area contributed by atoms with Crippen LogP contribution < -0.4 is 0 Å². The van der Waals surface area contributed by atoms with E-state index >= 15 is 0 Å². The normalized spacial score (nSPS) is 10.3. The van der Waals surface area contributed by atoms with E-state index in [2.05, 4.69) is 98.8 Å². The molecule has 0 aromatic rings. The lowest BCUT2D eigenvalue weighted by Gasteiger charge is -1.86. The molecule has 0 amide bonds. The van der Waals surface area contributed by atoms with Gasteiger partial charge in [-0.05, 0) is 66.7 Å². The van der Waals surface area contributed by atoms with Gasteiger partial charge in [0.25, 0.3) is 0 Å². The molecule has 23 heavy (non-hydrogen) atoms. The molecule has 0 aliphatic carbocycles. The lowest BCUT2D eigenvalue weighted by Crippen LogP contribution is -1.73. The molecular weight excluding hydrogens is 276 g/mol. The van der Waals surface area contributed by atoms with Crippen molar-refractivity contribution in [2.24, 2.45) is 5.92 Å². The van der Waals surface area contributed by atoms with E-state index in [1.165, 1.54) is 24.0 Å². The molecule has 0 fully saturated rings. The Hall–Kier alpha value is -1.04. The van der Waals surface area contributed by atoms with Gasteiger partial charge in [0.2, 0.25) is 0 Å². The van der Waals surface area contributed by atoms with Gasteiger partial charge < -0.3 is 0 Å². The van der Waals surface area contributed by atoms with Crippen LogP contribution in [0.15, 0.2) is 47.6 Å². The highest BCUT2D eigenvalue weighted by Crippen LogP contribution is 1.94. The second kappa shape index (κ2) is 29.0. The van der Waals surface area contributed by atoms with Gasteiger partial charge in [0, 0.05) is 0 Å². The monoisotopic (exact) mass is 322 g/mol. The van der Waals surface area contributed by atoms with Crippen LogP contribution in [-0.4, -0.2) is 0 Å². The highest BCUT2D eigenvalue weighted by Gasteiger charge is 1.76. The van der Waals surface area contributed by atoms with E-state index in [1.54, 1.807) is 0 Å². The highest BCUT2D eigenvalue weighted by atomic mass is 13.8. The van der Waals surface area contributed by atoms with Gasteiger partial charge in [0.1, 0.15) is 0 Å². The number of hydrogen-bond donors (Lipinski definition) is 0. The van der Waals surface area contributed by atoms with Gasteiger partial charge in [-0.3, -0.25) is 0 Å². The standard InChI is InChI=1S/3C6H12.C5H10/c2*1-4-5-6(2)3;1-4-6(3)5-2;1-3-5-4-2/h5H,4H2,1-3H3;4-6H,1-3H3;4H,5H2,1-3H3;3,5H,4H2,1-2H3. The van der Waals surface area contributed by atoms with Gasteiger partial charge in [-0.25, -0.2) is 0 Å². The summed E-state index contributed by atoms with van der Waals surface area (Å²) in [6.07, 6.45) is 16.3. The molecule has 0 nitrogen and oxygen atoms in total. The van der Waals surface area contributed by atoms with Crippen LogP contribution in [0.3, 0.4) is 0 Å². The van der Waals surface area contributed by atoms with Crippen LogP contribution in [0.25, 0.3) is 0 Å². The third kappa shape index (κ3) is 62.7. The van der Waals surface area contributed by atoms with Gasteiger partial charge in [-0.1, -0.05) is 82.2 Å². The van der Waals surface area contributed by atoms with Crippen LogP contribution in [-0.2, 0) is 0 Å². The quantitative estimate of drug-likeness (QED) is 0.453. The Bertz CT molecular complexity index is 294. The molecule has 0 N–H and O–H groups in total. The largest absolute Gasteiger partial charge is 0.0917 e. The summed E-state index contributed by atoms with van der Waals surface area (Å²) in [4.78, 5) is 0. The second-order valence-electron chi connectivity index (χ2n) is 5.93. The zero-order valence-electron chi connectivity index (χ0n) is 18.2. The van der Waals surface area contributed by atoms with Gasteiger partial charge in [0.05, 0.1) is 0 Å². The van der Waals surface area contributed by atoms with E-state index in [0.29, 0.717) is 0 Å². The first kappa shape index (κ1) is 29.9. The summed E-state index contributed by atoms with van der Waals surface area (Å²) in [5.41, 5.74) is 2.88. The molecule has 0 atom stereocenters. The lowest BCUT2D eigenvalue weighted by molar-refractivity contribution is 0.830. The maximum atomic E-state index is 2.21. The predicted octanol–water partition coefficient (Wildman–Crippen LogP) is 8.92. The van der Waals surface area contributed by atoms with Crippen LogP contribution in [0.4, 0.5) is 0 Å². The van der Waals surface area contributed by atoms with Gasteiger partial charge in [-0.2, -0.15) is 0 Å². The molecule has 0 unspecified atom stereocenters. The van der Waals surface area contributed by atoms with Crippen molar-refractivity contribution in [2.75, 3.05) is 0 Å². The number of hydrogen-bond acceptors (Lipinski definition) is 0. The molecule has 0 saturated heterocycles. The van der Waals surface area contributed by atoms with Crippen molar-refractivity contribution in [3.05, 3.63) is 47.6 Å². The zero-order valence-corrected chi connectivity index (χ0v) is 18.2. The third-order valence-corrected chi connectivity index (χ3v) is 2.71. The first-order chi connectivity index (χ1) is 10.8. The number of allylic oxidation sites excluding steroid dienone is 8. The maximum Gasteiger partial charge on any atom is -0.0291 e. The maximum absolute atomic E-state index is 2.21. The van der Waals surface area contributed by atoms with Gasteiger partial charge >= 0.3 is 0 Å². The highest BCUT2D eigenvalue weighted by molar-refractivity contribution is 4.93. The summed E-state index contributed by atoms with van der Waals surface area (Å²) in [7, 11) is 0. The second-order valence-corrected chi connectivity index (χ2v) is 5.93. The smallest absolute Gasteiger partial charge is 0.0291 e. The first-order valence-corrected chi connectivity index (χ1v) is 9.26. The van der Waals surface area contributed by atoms with Crippen LogP contribution in [0.2, 0.25) is 0 Å². The van der Waals surface area contributed by atoms with Crippen molar-refractivity contribution in [1.82, 2.24) is 0 Å². The van der Waals surface area contributed by atoms with Crippen molar-refractivity contribution in [2.45, 2.75) is 95.4 Å². The van der Waals surface area contributed by atoms with E-state index in [4.69, 9.17) is 0 Å². The molecule has 0 heteroatoms. The fourth-order valence-corrected chi connectivity index (χ4v) is 1.23. The van der Waals surface area contributed by atoms with E-state index in [9.17, 15) is 0 Å². The molecule has 0 aliphatic rings. The molecule has 0 spiro atoms. The van der Waals surface area contributed by atoms with Crippen molar-refractivity contribution >= 4 is 0 Å². The fourth-order valence-electron chi connectivity index (χ4n) is 1.23. The molecule has 0 bridgehead atoms. The topological polar surface area (TPSA) is 0 Å². The summed E-state index contributed by atoms with van der Waals surface area (Å²) in [5.74, 6) is 0.718. The van der Waals surface area contributed by atoms with Crippen LogP contribution in [0.1, 0.15) is 95.4 Å². The van der Waals surface area contributed by atoms with E-state index < -0.39 is 0 Å². The van der Waals surface area contributed by atoms with Crippen molar-refractivity contribution < 1.29 is 0 Å². The third-order valence-electron chi connectivity index (χ3n) is 2.71. The average Bonchev–Trinajstić information content (AvgIpc) is 2.49. The summed E-state index contributed by atoms with van der Waals surface area (Å²) >= 11 is 0. The number of rotatable bonds is 4. The van der Waals surface area contributed by atoms with Gasteiger partial charge in [-0.15, -0.1) is 0 Å². The van der Waals surface area contributed by atoms with Crippen molar-refractivity contribution in [3.8, 4) is 0 Å². The van der Waals surface area contributed by atoms with E-state index in [1.807, 2.05) is 13.8 Å². The molecule has 0 radical (unpaired) electrons. The van der Waals surface area contributed by atoms with E-state index in [0.717, 1.165) is 12.3 Å². The molecule has 0 aromatic carbocycles. The Balaban J connectivity index is -0.000000105. The average molecular weight is 323 g/mol. The van der Waals surface area contributed by atoms with E-state index in [-0.39, 0.29) is 0 Å². The summed E-state index contributed by atoms with van der Waals surface area (Å²) in [6, 6.07) is 0. The minimum absolute atomic E-state index is 0.718. The van der Waals surface area contributed by atoms with Crippen LogP contribution in [0.5, 0.6) is 0 Å². The summed E-state index contributed by atoms with van der Waals surface area (Å²) < 4.78 is 0. The minimum Gasteiger partial charge on any atom is -0.0917 e. The molecule has 0 saturated carbocycles. The Labute approximate surface area is 149 Å². The van der Waals surface area contributed by atoms with Crippen LogP contribution >= 0.6 is 0 Å². The molecular formula is C23H46. The minimum atomic E-state index is 0.718. The Morgan fingerprint density at radius 2 is 1.35 bits per heavy atom. The molecule has 0 aliphatic heterocycles. The SMILES string of the molecule is CC=C(C)CC.CC=CC(C)C.CC=CCC.CCC=C(C)C. The van der Waals surface area contributed by atoms with Crippen molar-refractivity contribution in [3.63, 3.8) is 0 Å². The fraction of sp³-hybridized carbons (Fsp3) is 0.652. The Morgan fingerprint density at radius 3 is 1.35 bits per heavy atom. The summed E-state index contributed by atoms with van der Waals surface area (Å²) in [5, 5.41) is 0. The Morgan fingerprint density at radius 1 is 0.826 bits per heavy atom. The molecule has 0 heterocycles. The summed E-state index contributed by atoms with van der Waals surface area (Å²) in [6.45, 7) is 23.3. The van der Waals surface area contributed by atoms with Crippen molar-refractivity contribution in [1.29, 1.82) is 0 Å². The van der Waals surface area contributed by atoms with Gasteiger partial charge in [0.15, 0.2) is 0 Å². The lowest BCUT2D eigenvalue weighted by atomic mass is 10.2. The molecule has 0 aromatic heterocycles. The Kier molecular flexibility index (Phi) is 37.8. The molecule has 0 rings (SSSR count). The molecule has 138 valence electrons. The van der Waals surface area contributed by atoms with Crippen LogP contribution in [0, 0.1) is 5.92 Å².